The molecule has 4 heteroatoms. The summed E-state index contributed by atoms with van der Waals surface area (Å²) in [5.41, 5.74) is 1.01. The number of aliphatic hydroxyl groups is 1. The van der Waals surface area contributed by atoms with Crippen molar-refractivity contribution >= 4 is 11.6 Å². The summed E-state index contributed by atoms with van der Waals surface area (Å²) in [6, 6.07) is 11.7. The minimum Gasteiger partial charge on any atom is -0.488 e. The highest BCUT2D eigenvalue weighted by molar-refractivity contribution is 6.31. The van der Waals surface area contributed by atoms with Gasteiger partial charge in [0.05, 0.1) is 11.1 Å². The number of para-hydroxylation sites is 1. The molecule has 0 heterocycles. The number of hydrogen-bond donors (Lipinski definition) is 1. The van der Waals surface area contributed by atoms with Gasteiger partial charge in [0, 0.05) is 11.1 Å². The first-order chi connectivity index (χ1) is 9.63. The van der Waals surface area contributed by atoms with E-state index in [1.165, 1.54) is 6.07 Å². The van der Waals surface area contributed by atoms with Gasteiger partial charge in [0.15, 0.2) is 0 Å². The Morgan fingerprint density at radius 1 is 1.20 bits per heavy atom. The van der Waals surface area contributed by atoms with Crippen LogP contribution < -0.4 is 4.74 Å². The number of hydrogen-bond acceptors (Lipinski definition) is 2. The van der Waals surface area contributed by atoms with Gasteiger partial charge in [-0.15, -0.1) is 0 Å². The average Bonchev–Trinajstić information content (AvgIpc) is 2.46. The van der Waals surface area contributed by atoms with Gasteiger partial charge in [0.2, 0.25) is 0 Å². The molecule has 0 aliphatic heterocycles. The zero-order chi connectivity index (χ0) is 14.5. The Morgan fingerprint density at radius 2 is 1.95 bits per heavy atom. The fourth-order valence-electron chi connectivity index (χ4n) is 1.93. The van der Waals surface area contributed by atoms with Gasteiger partial charge in [-0.05, 0) is 24.6 Å². The van der Waals surface area contributed by atoms with Crippen LogP contribution in [0.3, 0.4) is 0 Å². The Kier molecular flexibility index (Phi) is 4.99. The highest BCUT2D eigenvalue weighted by Crippen LogP contribution is 2.28. The summed E-state index contributed by atoms with van der Waals surface area (Å²) in [5.74, 6) is 0.146. The van der Waals surface area contributed by atoms with Crippen LogP contribution in [0, 0.1) is 5.82 Å². The maximum absolute atomic E-state index is 13.7. The Bertz CT molecular complexity index is 566. The van der Waals surface area contributed by atoms with Crippen molar-refractivity contribution in [3.05, 3.63) is 64.4 Å². The molecule has 0 amide bonds. The van der Waals surface area contributed by atoms with Crippen LogP contribution in [0.25, 0.3) is 0 Å². The van der Waals surface area contributed by atoms with Crippen molar-refractivity contribution in [1.82, 2.24) is 0 Å². The van der Waals surface area contributed by atoms with Gasteiger partial charge >= 0.3 is 0 Å². The lowest BCUT2D eigenvalue weighted by Crippen LogP contribution is -2.04. The number of aliphatic hydroxyl groups excluding tert-OH is 1. The molecule has 0 saturated carbocycles. The van der Waals surface area contributed by atoms with E-state index in [-0.39, 0.29) is 6.61 Å². The summed E-state index contributed by atoms with van der Waals surface area (Å²) in [4.78, 5) is 0. The van der Waals surface area contributed by atoms with E-state index in [0.717, 1.165) is 0 Å². The van der Waals surface area contributed by atoms with Crippen LogP contribution in [0.5, 0.6) is 5.75 Å². The fraction of sp³-hybridized carbons (Fsp3) is 0.250. The highest BCUT2D eigenvalue weighted by atomic mass is 35.5. The van der Waals surface area contributed by atoms with E-state index in [1.807, 2.05) is 19.1 Å². The molecule has 1 atom stereocenters. The highest BCUT2D eigenvalue weighted by Gasteiger charge is 2.13. The molecule has 0 bridgehead atoms. The number of ether oxygens (including phenoxy) is 1. The van der Waals surface area contributed by atoms with E-state index in [4.69, 9.17) is 16.3 Å². The van der Waals surface area contributed by atoms with Gasteiger partial charge in [0.1, 0.15) is 18.2 Å². The van der Waals surface area contributed by atoms with Crippen LogP contribution in [0.4, 0.5) is 4.39 Å². The second-order valence-electron chi connectivity index (χ2n) is 4.45. The molecule has 0 aliphatic carbocycles. The summed E-state index contributed by atoms with van der Waals surface area (Å²) >= 11 is 5.96. The van der Waals surface area contributed by atoms with Crippen molar-refractivity contribution in [2.45, 2.75) is 26.1 Å². The quantitative estimate of drug-likeness (QED) is 0.879. The first kappa shape index (κ1) is 14.8. The molecule has 0 spiro atoms. The largest absolute Gasteiger partial charge is 0.488 e. The minimum atomic E-state index is -0.595. The summed E-state index contributed by atoms with van der Waals surface area (Å²) in [6.45, 7) is 1.91. The van der Waals surface area contributed by atoms with Crippen molar-refractivity contribution in [3.8, 4) is 5.75 Å². The third-order valence-electron chi connectivity index (χ3n) is 3.10. The predicted octanol–water partition coefficient (Wildman–Crippen LogP) is 4.50. The van der Waals surface area contributed by atoms with Gasteiger partial charge in [-0.2, -0.15) is 0 Å². The van der Waals surface area contributed by atoms with Crippen LogP contribution >= 0.6 is 11.6 Å². The minimum absolute atomic E-state index is 0.0267. The smallest absolute Gasteiger partial charge is 0.131 e. The Morgan fingerprint density at radius 3 is 2.65 bits per heavy atom. The Hall–Kier alpha value is -1.58. The molecule has 2 aromatic rings. The summed E-state index contributed by atoms with van der Waals surface area (Å²) < 4.78 is 19.3. The maximum Gasteiger partial charge on any atom is 0.131 e. The van der Waals surface area contributed by atoms with E-state index >= 15 is 0 Å². The van der Waals surface area contributed by atoms with Gasteiger partial charge in [0.25, 0.3) is 0 Å². The molecule has 0 fully saturated rings. The monoisotopic (exact) mass is 294 g/mol. The second kappa shape index (κ2) is 6.73. The lowest BCUT2D eigenvalue weighted by Gasteiger charge is -2.15. The molecule has 2 aromatic carbocycles. The van der Waals surface area contributed by atoms with Crippen LogP contribution in [0.2, 0.25) is 5.02 Å². The van der Waals surface area contributed by atoms with Crippen LogP contribution in [0.15, 0.2) is 42.5 Å². The third kappa shape index (κ3) is 3.30. The molecule has 0 aromatic heterocycles. The van der Waals surface area contributed by atoms with Crippen LogP contribution in [0.1, 0.15) is 30.6 Å². The van der Waals surface area contributed by atoms with Gasteiger partial charge in [-0.25, -0.2) is 4.39 Å². The fourth-order valence-corrected chi connectivity index (χ4v) is 2.14. The molecule has 0 unspecified atom stereocenters. The molecule has 2 rings (SSSR count). The van der Waals surface area contributed by atoms with Crippen molar-refractivity contribution in [3.63, 3.8) is 0 Å². The van der Waals surface area contributed by atoms with Crippen molar-refractivity contribution in [2.75, 3.05) is 0 Å². The summed E-state index contributed by atoms with van der Waals surface area (Å²) in [7, 11) is 0. The molecule has 2 nitrogen and oxygen atoms in total. The van der Waals surface area contributed by atoms with E-state index in [9.17, 15) is 9.50 Å². The third-order valence-corrected chi connectivity index (χ3v) is 3.45. The molecule has 0 saturated heterocycles. The molecule has 106 valence electrons. The molecular formula is C16H16ClFO2. The Labute approximate surface area is 122 Å². The first-order valence-corrected chi connectivity index (χ1v) is 6.84. The molecule has 0 radical (unpaired) electrons. The average molecular weight is 295 g/mol. The maximum atomic E-state index is 13.7. The van der Waals surface area contributed by atoms with Crippen molar-refractivity contribution in [2.24, 2.45) is 0 Å². The van der Waals surface area contributed by atoms with E-state index in [0.29, 0.717) is 28.3 Å². The van der Waals surface area contributed by atoms with Crippen LogP contribution in [-0.4, -0.2) is 5.11 Å². The van der Waals surface area contributed by atoms with Crippen molar-refractivity contribution in [1.29, 1.82) is 0 Å². The lowest BCUT2D eigenvalue weighted by molar-refractivity contribution is 0.166. The molecule has 0 aliphatic rings. The molecular weight excluding hydrogens is 279 g/mol. The molecule has 1 N–H and O–H groups in total. The summed E-state index contributed by atoms with van der Waals surface area (Å²) in [5, 5.41) is 10.3. The normalized spacial score (nSPS) is 12.2. The topological polar surface area (TPSA) is 29.5 Å². The zero-order valence-corrected chi connectivity index (χ0v) is 11.9. The summed E-state index contributed by atoms with van der Waals surface area (Å²) in [6.07, 6.45) is -0.0109. The molecule has 20 heavy (non-hydrogen) atoms. The van der Waals surface area contributed by atoms with E-state index < -0.39 is 11.9 Å². The number of rotatable bonds is 5. The van der Waals surface area contributed by atoms with Gasteiger partial charge in [-0.1, -0.05) is 42.8 Å². The van der Waals surface area contributed by atoms with Gasteiger partial charge < -0.3 is 9.84 Å². The van der Waals surface area contributed by atoms with E-state index in [1.54, 1.807) is 24.3 Å². The Balaban J connectivity index is 2.19. The number of halogens is 2. The SMILES string of the molecule is CC[C@H](O)c1ccccc1OCc1c(F)cccc1Cl. The van der Waals surface area contributed by atoms with Crippen LogP contribution in [-0.2, 0) is 6.61 Å². The predicted molar refractivity (Wildman–Crippen MR) is 77.4 cm³/mol. The lowest BCUT2D eigenvalue weighted by atomic mass is 10.1. The number of benzene rings is 2. The van der Waals surface area contributed by atoms with E-state index in [2.05, 4.69) is 0 Å². The van der Waals surface area contributed by atoms with Gasteiger partial charge in [-0.3, -0.25) is 0 Å². The zero-order valence-electron chi connectivity index (χ0n) is 11.1. The van der Waals surface area contributed by atoms with Crippen molar-refractivity contribution < 1.29 is 14.2 Å². The standard InChI is InChI=1S/C16H16ClFO2/c1-2-15(19)11-6-3-4-9-16(11)20-10-12-13(17)7-5-8-14(12)18/h3-9,15,19H,2,10H2,1H3/t15-/m0/s1. The second-order valence-corrected chi connectivity index (χ2v) is 4.86. The first-order valence-electron chi connectivity index (χ1n) is 6.46.